The molecular formula is C10H16N4O2S. The number of hydrazine groups is 1. The first kappa shape index (κ1) is 12.1. The van der Waals surface area contributed by atoms with Gasteiger partial charge >= 0.3 is 5.97 Å². The predicted octanol–water partition coefficient (Wildman–Crippen LogP) is 1.32. The van der Waals surface area contributed by atoms with Crippen LogP contribution in [0.4, 0.5) is 10.8 Å². The molecular weight excluding hydrogens is 240 g/mol. The number of nitrogens with two attached hydrogens (primary N) is 1. The van der Waals surface area contributed by atoms with Gasteiger partial charge in [0.15, 0.2) is 5.82 Å². The van der Waals surface area contributed by atoms with Crippen molar-refractivity contribution in [2.75, 3.05) is 31.4 Å². The number of methoxy groups -OCH3 is 1. The molecule has 0 amide bonds. The average molecular weight is 256 g/mol. The van der Waals surface area contributed by atoms with Gasteiger partial charge in [0.05, 0.1) is 7.11 Å². The Hall–Kier alpha value is -1.34. The van der Waals surface area contributed by atoms with Crippen molar-refractivity contribution in [1.29, 1.82) is 0 Å². The monoisotopic (exact) mass is 256 g/mol. The van der Waals surface area contributed by atoms with E-state index >= 15 is 0 Å². The number of carbonyl (C=O) groups is 1. The van der Waals surface area contributed by atoms with Crippen LogP contribution in [0.1, 0.15) is 29.6 Å². The van der Waals surface area contributed by atoms with E-state index in [1.165, 1.54) is 25.1 Å². The minimum atomic E-state index is -0.448. The third-order valence-corrected chi connectivity index (χ3v) is 3.49. The fourth-order valence-corrected chi connectivity index (χ4v) is 2.56. The number of anilines is 2. The van der Waals surface area contributed by atoms with Crippen molar-refractivity contribution in [2.45, 2.75) is 19.3 Å². The summed E-state index contributed by atoms with van der Waals surface area (Å²) >= 11 is 1.18. The molecule has 0 aromatic carbocycles. The minimum Gasteiger partial charge on any atom is -0.465 e. The normalized spacial score (nSPS) is 16.8. The SMILES string of the molecule is COC(=O)c1c(N)nsc1NN1CCCCC1. The molecule has 0 bridgehead atoms. The molecule has 7 heteroatoms. The highest BCUT2D eigenvalue weighted by Gasteiger charge is 2.22. The average Bonchev–Trinajstić information content (AvgIpc) is 2.71. The fourth-order valence-electron chi connectivity index (χ4n) is 1.83. The van der Waals surface area contributed by atoms with E-state index in [4.69, 9.17) is 10.5 Å². The van der Waals surface area contributed by atoms with Crippen LogP contribution in [0.2, 0.25) is 0 Å². The molecule has 2 rings (SSSR count). The lowest BCUT2D eigenvalue weighted by Gasteiger charge is -2.27. The van der Waals surface area contributed by atoms with Gasteiger partial charge in [0, 0.05) is 13.1 Å². The van der Waals surface area contributed by atoms with Gasteiger partial charge in [0.25, 0.3) is 0 Å². The van der Waals surface area contributed by atoms with Crippen molar-refractivity contribution in [1.82, 2.24) is 9.38 Å². The molecule has 0 unspecified atom stereocenters. The number of nitrogen functional groups attached to an aromatic ring is 1. The van der Waals surface area contributed by atoms with E-state index in [2.05, 4.69) is 14.8 Å². The molecule has 1 aliphatic heterocycles. The van der Waals surface area contributed by atoms with Crippen LogP contribution in [0.15, 0.2) is 0 Å². The minimum absolute atomic E-state index is 0.223. The summed E-state index contributed by atoms with van der Waals surface area (Å²) in [5.74, 6) is -0.225. The van der Waals surface area contributed by atoms with Crippen molar-refractivity contribution in [3.63, 3.8) is 0 Å². The number of nitrogens with one attached hydrogen (secondary N) is 1. The van der Waals surface area contributed by atoms with Crippen LogP contribution < -0.4 is 11.2 Å². The number of aromatic nitrogens is 1. The topological polar surface area (TPSA) is 80.5 Å². The van der Waals surface area contributed by atoms with E-state index in [1.807, 2.05) is 0 Å². The lowest BCUT2D eigenvalue weighted by molar-refractivity contribution is 0.0603. The van der Waals surface area contributed by atoms with E-state index < -0.39 is 5.97 Å². The zero-order valence-corrected chi connectivity index (χ0v) is 10.5. The zero-order chi connectivity index (χ0) is 12.3. The van der Waals surface area contributed by atoms with Gasteiger partial charge in [0.1, 0.15) is 10.6 Å². The van der Waals surface area contributed by atoms with E-state index in [9.17, 15) is 4.79 Å². The summed E-state index contributed by atoms with van der Waals surface area (Å²) in [6.45, 7) is 1.94. The third kappa shape index (κ3) is 2.67. The number of hydrogen-bond donors (Lipinski definition) is 2. The largest absolute Gasteiger partial charge is 0.465 e. The third-order valence-electron chi connectivity index (χ3n) is 2.72. The maximum Gasteiger partial charge on any atom is 0.344 e. The molecule has 2 heterocycles. The Morgan fingerprint density at radius 3 is 2.82 bits per heavy atom. The first-order valence-corrected chi connectivity index (χ1v) is 6.34. The lowest BCUT2D eigenvalue weighted by atomic mass is 10.2. The van der Waals surface area contributed by atoms with Gasteiger partial charge in [0.2, 0.25) is 0 Å². The van der Waals surface area contributed by atoms with E-state index in [1.54, 1.807) is 0 Å². The maximum absolute atomic E-state index is 11.6. The summed E-state index contributed by atoms with van der Waals surface area (Å²) in [6.07, 6.45) is 3.58. The Labute approximate surface area is 104 Å². The Bertz CT molecular complexity index is 401. The van der Waals surface area contributed by atoms with Crippen molar-refractivity contribution in [2.24, 2.45) is 0 Å². The van der Waals surface area contributed by atoms with Gasteiger partial charge in [-0.1, -0.05) is 6.42 Å². The highest BCUT2D eigenvalue weighted by Crippen LogP contribution is 2.28. The number of carbonyl (C=O) groups excluding carboxylic acids is 1. The fraction of sp³-hybridized carbons (Fsp3) is 0.600. The van der Waals surface area contributed by atoms with Crippen LogP contribution in [-0.4, -0.2) is 35.6 Å². The highest BCUT2D eigenvalue weighted by atomic mass is 32.1. The number of hydrogen-bond acceptors (Lipinski definition) is 7. The second kappa shape index (κ2) is 5.33. The molecule has 0 atom stereocenters. The summed E-state index contributed by atoms with van der Waals surface area (Å²) in [7, 11) is 1.34. The van der Waals surface area contributed by atoms with Gasteiger partial charge in [-0.05, 0) is 24.4 Å². The number of ether oxygens (including phenoxy) is 1. The van der Waals surface area contributed by atoms with Gasteiger partial charge in [-0.3, -0.25) is 0 Å². The number of esters is 1. The van der Waals surface area contributed by atoms with Crippen molar-refractivity contribution in [3.05, 3.63) is 5.56 Å². The molecule has 6 nitrogen and oxygen atoms in total. The number of piperidine rings is 1. The molecule has 0 aliphatic carbocycles. The molecule has 1 saturated heterocycles. The van der Waals surface area contributed by atoms with E-state index in [-0.39, 0.29) is 5.82 Å². The van der Waals surface area contributed by atoms with Crippen molar-refractivity contribution >= 4 is 28.3 Å². The Morgan fingerprint density at radius 1 is 1.47 bits per heavy atom. The van der Waals surface area contributed by atoms with E-state index in [0.29, 0.717) is 10.6 Å². The molecule has 17 heavy (non-hydrogen) atoms. The molecule has 0 radical (unpaired) electrons. The number of rotatable bonds is 3. The summed E-state index contributed by atoms with van der Waals surface area (Å²) in [4.78, 5) is 11.6. The summed E-state index contributed by atoms with van der Waals surface area (Å²) in [6, 6.07) is 0. The van der Waals surface area contributed by atoms with Gasteiger partial charge < -0.3 is 15.9 Å². The van der Waals surface area contributed by atoms with Crippen LogP contribution in [0.5, 0.6) is 0 Å². The molecule has 1 aliphatic rings. The summed E-state index contributed by atoms with van der Waals surface area (Å²) < 4.78 is 8.68. The smallest absolute Gasteiger partial charge is 0.344 e. The van der Waals surface area contributed by atoms with Crippen LogP contribution in [0.25, 0.3) is 0 Å². The number of nitrogens with zero attached hydrogens (tertiary/aromatic N) is 2. The first-order chi connectivity index (χ1) is 8.22. The second-order valence-electron chi connectivity index (χ2n) is 3.92. The van der Waals surface area contributed by atoms with Gasteiger partial charge in [-0.15, -0.1) is 0 Å². The van der Waals surface area contributed by atoms with E-state index in [0.717, 1.165) is 25.9 Å². The molecule has 94 valence electrons. The highest BCUT2D eigenvalue weighted by molar-refractivity contribution is 7.11. The summed E-state index contributed by atoms with van der Waals surface area (Å²) in [5.41, 5.74) is 9.19. The molecule has 1 aromatic heterocycles. The Balaban J connectivity index is 2.12. The molecule has 0 spiro atoms. The van der Waals surface area contributed by atoms with Crippen LogP contribution in [0, 0.1) is 0 Å². The molecule has 1 aromatic rings. The zero-order valence-electron chi connectivity index (χ0n) is 9.73. The standard InChI is InChI=1S/C10H16N4O2S/c1-16-10(15)7-8(11)13-17-9(7)12-14-5-3-2-4-6-14/h12H,2-6H2,1H3,(H2,11,13). The van der Waals surface area contributed by atoms with Gasteiger partial charge in [-0.25, -0.2) is 9.80 Å². The second-order valence-corrected chi connectivity index (χ2v) is 4.70. The quantitative estimate of drug-likeness (QED) is 0.794. The first-order valence-electron chi connectivity index (χ1n) is 5.57. The van der Waals surface area contributed by atoms with Crippen LogP contribution >= 0.6 is 11.5 Å². The van der Waals surface area contributed by atoms with Crippen molar-refractivity contribution < 1.29 is 9.53 Å². The van der Waals surface area contributed by atoms with Gasteiger partial charge in [-0.2, -0.15) is 4.37 Å². The predicted molar refractivity (Wildman–Crippen MR) is 66.9 cm³/mol. The summed E-state index contributed by atoms with van der Waals surface area (Å²) in [5, 5.41) is 2.75. The molecule has 0 saturated carbocycles. The Kier molecular flexibility index (Phi) is 3.80. The molecule has 3 N–H and O–H groups in total. The lowest BCUT2D eigenvalue weighted by Crippen LogP contribution is -2.35. The maximum atomic E-state index is 11.6. The Morgan fingerprint density at radius 2 is 2.18 bits per heavy atom. The van der Waals surface area contributed by atoms with Crippen LogP contribution in [-0.2, 0) is 4.74 Å². The van der Waals surface area contributed by atoms with Crippen LogP contribution in [0.3, 0.4) is 0 Å². The molecule has 1 fully saturated rings. The van der Waals surface area contributed by atoms with Crippen molar-refractivity contribution in [3.8, 4) is 0 Å².